The van der Waals surface area contributed by atoms with Gasteiger partial charge in [0.15, 0.2) is 5.69 Å². The van der Waals surface area contributed by atoms with Gasteiger partial charge in [-0.05, 0) is 17.7 Å². The molecular weight excluding hydrogens is 356 g/mol. The molecule has 0 spiro atoms. The van der Waals surface area contributed by atoms with Gasteiger partial charge in [0.05, 0.1) is 0 Å². The van der Waals surface area contributed by atoms with Crippen LogP contribution >= 0.6 is 0 Å². The fourth-order valence-electron chi connectivity index (χ4n) is 2.85. The molecule has 0 bridgehead atoms. The monoisotopic (exact) mass is 370 g/mol. The minimum absolute atomic E-state index is 0.0677. The number of nitrogens with one attached hydrogen (secondary N) is 1. The molecule has 0 unspecified atom stereocenters. The molecule has 1 aromatic heterocycles. The van der Waals surface area contributed by atoms with Gasteiger partial charge >= 0.3 is 6.18 Å². The van der Waals surface area contributed by atoms with E-state index in [0.29, 0.717) is 6.07 Å². The fourth-order valence-corrected chi connectivity index (χ4v) is 2.85. The molecule has 1 aliphatic heterocycles. The van der Waals surface area contributed by atoms with Crippen molar-refractivity contribution in [1.82, 2.24) is 20.0 Å². The zero-order valence-electron chi connectivity index (χ0n) is 13.5. The van der Waals surface area contributed by atoms with E-state index < -0.39 is 35.5 Å². The fraction of sp³-hybridized carbons (Fsp3) is 0.312. The van der Waals surface area contributed by atoms with Crippen molar-refractivity contribution in [3.8, 4) is 0 Å². The first-order valence-corrected chi connectivity index (χ1v) is 7.64. The Kier molecular flexibility index (Phi) is 4.43. The van der Waals surface area contributed by atoms with E-state index in [1.54, 1.807) is 0 Å². The van der Waals surface area contributed by atoms with E-state index in [2.05, 4.69) is 10.4 Å². The number of amides is 2. The second-order valence-corrected chi connectivity index (χ2v) is 5.78. The van der Waals surface area contributed by atoms with Crippen LogP contribution in [0.1, 0.15) is 27.8 Å². The van der Waals surface area contributed by atoms with E-state index in [0.717, 1.165) is 15.6 Å². The van der Waals surface area contributed by atoms with Crippen molar-refractivity contribution >= 4 is 11.8 Å². The number of carbonyl (C=O) groups excluding carboxylic acids is 2. The molecule has 26 heavy (non-hydrogen) atoms. The summed E-state index contributed by atoms with van der Waals surface area (Å²) in [6, 6.07) is 4.66. The Morgan fingerprint density at radius 2 is 2.04 bits per heavy atom. The molecule has 2 amide bonds. The molecular formula is C16H14F4N4O2. The van der Waals surface area contributed by atoms with E-state index in [1.165, 1.54) is 25.2 Å². The first-order valence-electron chi connectivity index (χ1n) is 7.64. The number of rotatable bonds is 2. The summed E-state index contributed by atoms with van der Waals surface area (Å²) in [5, 5.41) is 5.89. The third-order valence-corrected chi connectivity index (χ3v) is 4.03. The van der Waals surface area contributed by atoms with Gasteiger partial charge in [0, 0.05) is 26.2 Å². The number of aryl methyl sites for hydroxylation is 1. The molecule has 1 atom stereocenters. The lowest BCUT2D eigenvalue weighted by Gasteiger charge is -2.35. The normalized spacial score (nSPS) is 18.0. The summed E-state index contributed by atoms with van der Waals surface area (Å²) in [6.45, 7) is 0.207. The number of hydrogen-bond donors (Lipinski definition) is 1. The largest absolute Gasteiger partial charge is 0.435 e. The molecule has 0 radical (unpaired) electrons. The number of carbonyl (C=O) groups is 2. The molecule has 2 heterocycles. The molecule has 3 rings (SSSR count). The maximum absolute atomic E-state index is 13.5. The maximum Gasteiger partial charge on any atom is 0.435 e. The van der Waals surface area contributed by atoms with E-state index in [-0.39, 0.29) is 24.3 Å². The number of aromatic nitrogens is 2. The number of halogens is 4. The second kappa shape index (κ2) is 6.43. The average Bonchev–Trinajstić information content (AvgIpc) is 2.96. The van der Waals surface area contributed by atoms with Gasteiger partial charge in [-0.2, -0.15) is 18.3 Å². The van der Waals surface area contributed by atoms with Crippen LogP contribution in [-0.4, -0.2) is 39.6 Å². The van der Waals surface area contributed by atoms with Crippen LogP contribution in [0.4, 0.5) is 17.6 Å². The van der Waals surface area contributed by atoms with Crippen LogP contribution in [0.5, 0.6) is 0 Å². The van der Waals surface area contributed by atoms with Crippen LogP contribution in [0.2, 0.25) is 0 Å². The van der Waals surface area contributed by atoms with E-state index >= 15 is 0 Å². The molecule has 1 aliphatic rings. The summed E-state index contributed by atoms with van der Waals surface area (Å²) in [5.41, 5.74) is -1.28. The van der Waals surface area contributed by atoms with Gasteiger partial charge in [-0.1, -0.05) is 12.1 Å². The Morgan fingerprint density at radius 1 is 1.31 bits per heavy atom. The summed E-state index contributed by atoms with van der Waals surface area (Å²) >= 11 is 0. The van der Waals surface area contributed by atoms with E-state index in [4.69, 9.17) is 0 Å². The third kappa shape index (κ3) is 3.26. The quantitative estimate of drug-likeness (QED) is 0.821. The zero-order valence-corrected chi connectivity index (χ0v) is 13.5. The van der Waals surface area contributed by atoms with E-state index in [1.807, 2.05) is 0 Å². The first-order chi connectivity index (χ1) is 12.2. The molecule has 1 aromatic carbocycles. The summed E-state index contributed by atoms with van der Waals surface area (Å²) in [7, 11) is 1.21. The van der Waals surface area contributed by atoms with Gasteiger partial charge in [-0.25, -0.2) is 4.39 Å². The molecule has 0 saturated carbocycles. The molecule has 138 valence electrons. The lowest BCUT2D eigenvalue weighted by molar-refractivity contribution is -0.141. The number of nitrogens with zero attached hydrogens (tertiary/aromatic N) is 3. The maximum atomic E-state index is 13.5. The number of hydrogen-bond acceptors (Lipinski definition) is 3. The minimum Gasteiger partial charge on any atom is -0.352 e. The van der Waals surface area contributed by atoms with Gasteiger partial charge in [-0.3, -0.25) is 14.3 Å². The Hall–Kier alpha value is -2.91. The first kappa shape index (κ1) is 17.9. The standard InChI is InChI=1S/C16H14F4N4O2/c1-23-11(8-12(22-23)16(18,19)20)15(26)24-6-5-21-14(25)13(24)9-3-2-4-10(17)7-9/h2-4,7-8,13H,5-6H2,1H3,(H,21,25)/t13-/m0/s1. The average molecular weight is 370 g/mol. The van der Waals surface area contributed by atoms with Crippen LogP contribution in [-0.2, 0) is 18.0 Å². The highest BCUT2D eigenvalue weighted by Crippen LogP contribution is 2.30. The van der Waals surface area contributed by atoms with Crippen LogP contribution in [0, 0.1) is 5.82 Å². The number of benzene rings is 1. The van der Waals surface area contributed by atoms with Crippen LogP contribution in [0.25, 0.3) is 0 Å². The van der Waals surface area contributed by atoms with Crippen molar-refractivity contribution in [2.45, 2.75) is 12.2 Å². The molecule has 2 aromatic rings. The molecule has 0 aliphatic carbocycles. The van der Waals surface area contributed by atoms with Crippen LogP contribution < -0.4 is 5.32 Å². The molecule has 1 N–H and O–H groups in total. The summed E-state index contributed by atoms with van der Waals surface area (Å²) in [4.78, 5) is 26.2. The topological polar surface area (TPSA) is 67.2 Å². The van der Waals surface area contributed by atoms with Crippen LogP contribution in [0.15, 0.2) is 30.3 Å². The lowest BCUT2D eigenvalue weighted by Crippen LogP contribution is -2.52. The summed E-state index contributed by atoms with van der Waals surface area (Å²) in [6.07, 6.45) is -4.70. The Bertz CT molecular complexity index is 862. The highest BCUT2D eigenvalue weighted by atomic mass is 19.4. The van der Waals surface area contributed by atoms with Gasteiger partial charge in [-0.15, -0.1) is 0 Å². The Balaban J connectivity index is 1.99. The van der Waals surface area contributed by atoms with Crippen LogP contribution in [0.3, 0.4) is 0 Å². The minimum atomic E-state index is -4.70. The van der Waals surface area contributed by atoms with Gasteiger partial charge in [0.1, 0.15) is 17.6 Å². The highest BCUT2D eigenvalue weighted by Gasteiger charge is 2.39. The van der Waals surface area contributed by atoms with Crippen molar-refractivity contribution in [3.63, 3.8) is 0 Å². The van der Waals surface area contributed by atoms with Crippen molar-refractivity contribution in [2.75, 3.05) is 13.1 Å². The third-order valence-electron chi connectivity index (χ3n) is 4.03. The molecule has 10 heteroatoms. The number of piperazine rings is 1. The molecule has 1 saturated heterocycles. The van der Waals surface area contributed by atoms with E-state index in [9.17, 15) is 27.2 Å². The number of alkyl halides is 3. The van der Waals surface area contributed by atoms with Crippen molar-refractivity contribution in [1.29, 1.82) is 0 Å². The molecule has 1 fully saturated rings. The second-order valence-electron chi connectivity index (χ2n) is 5.78. The van der Waals surface area contributed by atoms with Gasteiger partial charge in [0.2, 0.25) is 5.91 Å². The lowest BCUT2D eigenvalue weighted by atomic mass is 10.0. The molecule has 6 nitrogen and oxygen atoms in total. The summed E-state index contributed by atoms with van der Waals surface area (Å²) in [5.74, 6) is -1.92. The van der Waals surface area contributed by atoms with Crippen molar-refractivity contribution in [2.24, 2.45) is 7.05 Å². The summed E-state index contributed by atoms with van der Waals surface area (Å²) < 4.78 is 52.8. The Labute approximate surface area is 145 Å². The highest BCUT2D eigenvalue weighted by molar-refractivity contribution is 5.97. The van der Waals surface area contributed by atoms with Crippen molar-refractivity contribution < 1.29 is 27.2 Å². The predicted molar refractivity (Wildman–Crippen MR) is 81.4 cm³/mol. The SMILES string of the molecule is Cn1nc(C(F)(F)F)cc1C(=O)N1CCNC(=O)[C@@H]1c1cccc(F)c1. The Morgan fingerprint density at radius 3 is 2.65 bits per heavy atom. The predicted octanol–water partition coefficient (Wildman–Crippen LogP) is 1.89. The van der Waals surface area contributed by atoms with Gasteiger partial charge < -0.3 is 10.2 Å². The zero-order chi connectivity index (χ0) is 19.1. The van der Waals surface area contributed by atoms with Gasteiger partial charge in [0.25, 0.3) is 5.91 Å². The van der Waals surface area contributed by atoms with Crippen molar-refractivity contribution in [3.05, 3.63) is 53.1 Å². The smallest absolute Gasteiger partial charge is 0.352 e.